The van der Waals surface area contributed by atoms with Crippen LogP contribution in [0.2, 0.25) is 0 Å². The number of aromatic amines is 1. The predicted octanol–water partition coefficient (Wildman–Crippen LogP) is 3.18. The molecule has 3 aromatic rings. The van der Waals surface area contributed by atoms with Crippen LogP contribution in [0.25, 0.3) is 11.0 Å². The Morgan fingerprint density at radius 2 is 2.00 bits per heavy atom. The van der Waals surface area contributed by atoms with Crippen molar-refractivity contribution < 1.29 is 9.53 Å². The molecule has 23 heavy (non-hydrogen) atoms. The number of aryl methyl sites for hydroxylation is 1. The zero-order valence-electron chi connectivity index (χ0n) is 12.3. The summed E-state index contributed by atoms with van der Waals surface area (Å²) in [7, 11) is 0. The molecular weight excluding hydrogens is 407 g/mol. The van der Waals surface area contributed by atoms with Crippen LogP contribution >= 0.6 is 22.6 Å². The summed E-state index contributed by atoms with van der Waals surface area (Å²) < 4.78 is 7.92. The topological polar surface area (TPSA) is 64.1 Å². The molecule has 0 fully saturated rings. The van der Waals surface area contributed by atoms with Crippen LogP contribution in [0.1, 0.15) is 16.8 Å². The van der Waals surface area contributed by atoms with Gasteiger partial charge in [0.25, 0.3) is 0 Å². The lowest BCUT2D eigenvalue weighted by atomic mass is 10.2. The van der Waals surface area contributed by atoms with Gasteiger partial charge in [-0.2, -0.15) is 0 Å². The molecule has 118 valence electrons. The van der Waals surface area contributed by atoms with Crippen molar-refractivity contribution in [2.24, 2.45) is 0 Å². The van der Waals surface area contributed by atoms with Gasteiger partial charge in [0, 0.05) is 10.1 Å². The number of fused-ring (bicyclic) bond motifs is 1. The number of nitrogens with zero attached hydrogens (tertiary/aromatic N) is 1. The minimum atomic E-state index is -0.338. The van der Waals surface area contributed by atoms with Crippen molar-refractivity contribution in [2.75, 3.05) is 6.61 Å². The zero-order valence-corrected chi connectivity index (χ0v) is 14.4. The molecule has 6 heteroatoms. The molecule has 0 spiro atoms. The minimum absolute atomic E-state index is 0.143. The first-order chi connectivity index (χ1) is 11.1. The maximum Gasteiger partial charge on any atom is 0.338 e. The number of benzene rings is 2. The van der Waals surface area contributed by atoms with Crippen molar-refractivity contribution in [1.82, 2.24) is 9.55 Å². The molecule has 0 radical (unpaired) electrons. The van der Waals surface area contributed by atoms with Gasteiger partial charge >= 0.3 is 11.7 Å². The molecule has 0 atom stereocenters. The molecule has 0 saturated carbocycles. The van der Waals surface area contributed by atoms with E-state index >= 15 is 0 Å². The van der Waals surface area contributed by atoms with Crippen molar-refractivity contribution >= 4 is 39.6 Å². The van der Waals surface area contributed by atoms with Crippen molar-refractivity contribution in [3.63, 3.8) is 0 Å². The van der Waals surface area contributed by atoms with Crippen molar-refractivity contribution in [2.45, 2.75) is 13.0 Å². The Hall–Kier alpha value is -2.09. The lowest BCUT2D eigenvalue weighted by Crippen LogP contribution is -2.18. The fraction of sp³-hybridized carbons (Fsp3) is 0.176. The van der Waals surface area contributed by atoms with Gasteiger partial charge in [-0.1, -0.05) is 18.2 Å². The number of imidazole rings is 1. The SMILES string of the molecule is O=C(OCCCn1c(=O)[nH]c2ccccc21)c1cccc(I)c1. The number of carbonyl (C=O) groups is 1. The zero-order chi connectivity index (χ0) is 16.2. The number of hydrogen-bond donors (Lipinski definition) is 1. The molecule has 1 aromatic heterocycles. The molecule has 3 rings (SSSR count). The van der Waals surface area contributed by atoms with Crippen LogP contribution in [0.3, 0.4) is 0 Å². The molecule has 0 aliphatic rings. The van der Waals surface area contributed by atoms with Crippen molar-refractivity contribution in [1.29, 1.82) is 0 Å². The molecule has 0 amide bonds. The number of aromatic nitrogens is 2. The Morgan fingerprint density at radius 1 is 1.17 bits per heavy atom. The molecule has 0 saturated heterocycles. The van der Waals surface area contributed by atoms with Crippen LogP contribution < -0.4 is 5.69 Å². The summed E-state index contributed by atoms with van der Waals surface area (Å²) in [6, 6.07) is 14.8. The highest BCUT2D eigenvalue weighted by Gasteiger charge is 2.08. The van der Waals surface area contributed by atoms with Gasteiger partial charge in [-0.05, 0) is 59.3 Å². The van der Waals surface area contributed by atoms with Gasteiger partial charge in [-0.15, -0.1) is 0 Å². The number of rotatable bonds is 5. The van der Waals surface area contributed by atoms with Gasteiger partial charge in [0.15, 0.2) is 0 Å². The van der Waals surface area contributed by atoms with E-state index in [0.29, 0.717) is 18.5 Å². The van der Waals surface area contributed by atoms with Crippen LogP contribution in [-0.4, -0.2) is 22.1 Å². The third-order valence-corrected chi connectivity index (χ3v) is 4.17. The van der Waals surface area contributed by atoms with E-state index < -0.39 is 0 Å². The molecule has 0 unspecified atom stereocenters. The average molecular weight is 422 g/mol. The molecule has 5 nitrogen and oxygen atoms in total. The number of esters is 1. The van der Waals surface area contributed by atoms with Crippen LogP contribution in [-0.2, 0) is 11.3 Å². The minimum Gasteiger partial charge on any atom is -0.462 e. The smallest absolute Gasteiger partial charge is 0.338 e. The molecule has 0 aliphatic carbocycles. The number of para-hydroxylation sites is 2. The van der Waals surface area contributed by atoms with Crippen molar-refractivity contribution in [3.8, 4) is 0 Å². The standard InChI is InChI=1S/C17H15IN2O3/c18-13-6-3-5-12(11-13)16(21)23-10-4-9-20-15-8-2-1-7-14(15)19-17(20)22/h1-3,5-8,11H,4,9-10H2,(H,19,22). The maximum atomic E-state index is 11.9. The number of carbonyl (C=O) groups excluding carboxylic acids is 1. The van der Waals surface area contributed by atoms with E-state index in [0.717, 1.165) is 14.6 Å². The number of hydrogen-bond acceptors (Lipinski definition) is 3. The molecule has 1 heterocycles. The number of ether oxygens (including phenoxy) is 1. The average Bonchev–Trinajstić information content (AvgIpc) is 2.87. The van der Waals surface area contributed by atoms with E-state index in [1.165, 1.54) is 0 Å². The maximum absolute atomic E-state index is 11.9. The first kappa shape index (κ1) is 15.8. The fourth-order valence-electron chi connectivity index (χ4n) is 2.42. The Bertz CT molecular complexity index is 898. The summed E-state index contributed by atoms with van der Waals surface area (Å²) in [6.07, 6.45) is 0.581. The monoisotopic (exact) mass is 422 g/mol. The quantitative estimate of drug-likeness (QED) is 0.390. The van der Waals surface area contributed by atoms with Crippen LogP contribution in [0.15, 0.2) is 53.3 Å². The summed E-state index contributed by atoms with van der Waals surface area (Å²) in [4.78, 5) is 26.7. The lowest BCUT2D eigenvalue weighted by Gasteiger charge is -2.06. The van der Waals surface area contributed by atoms with Crippen LogP contribution in [0, 0.1) is 3.57 Å². The highest BCUT2D eigenvalue weighted by molar-refractivity contribution is 14.1. The van der Waals surface area contributed by atoms with Gasteiger partial charge in [0.2, 0.25) is 0 Å². The van der Waals surface area contributed by atoms with Crippen LogP contribution in [0.5, 0.6) is 0 Å². The first-order valence-electron chi connectivity index (χ1n) is 7.25. The summed E-state index contributed by atoms with van der Waals surface area (Å²) in [6.45, 7) is 0.776. The molecule has 0 bridgehead atoms. The van der Waals surface area contributed by atoms with E-state index in [4.69, 9.17) is 4.74 Å². The van der Waals surface area contributed by atoms with Crippen molar-refractivity contribution in [3.05, 3.63) is 68.1 Å². The van der Waals surface area contributed by atoms with Gasteiger partial charge in [0.05, 0.1) is 23.2 Å². The Labute approximate surface area is 146 Å². The molecular formula is C17H15IN2O3. The molecule has 2 aromatic carbocycles. The van der Waals surface area contributed by atoms with Gasteiger partial charge in [-0.3, -0.25) is 4.57 Å². The number of H-pyrrole nitrogens is 1. The number of nitrogens with one attached hydrogen (secondary N) is 1. The van der Waals surface area contributed by atoms with Gasteiger partial charge < -0.3 is 9.72 Å². The summed E-state index contributed by atoms with van der Waals surface area (Å²) in [5.41, 5.74) is 2.08. The Morgan fingerprint density at radius 3 is 2.83 bits per heavy atom. The molecule has 0 aliphatic heterocycles. The second kappa shape index (κ2) is 6.99. The van der Waals surface area contributed by atoms with Crippen LogP contribution in [0.4, 0.5) is 0 Å². The third-order valence-electron chi connectivity index (χ3n) is 3.50. The Kier molecular flexibility index (Phi) is 4.80. The lowest BCUT2D eigenvalue weighted by molar-refractivity contribution is 0.0496. The summed E-state index contributed by atoms with van der Waals surface area (Å²) >= 11 is 2.15. The normalized spacial score (nSPS) is 10.8. The fourth-order valence-corrected chi connectivity index (χ4v) is 2.96. The van der Waals surface area contributed by atoms with E-state index in [-0.39, 0.29) is 18.3 Å². The highest BCUT2D eigenvalue weighted by Crippen LogP contribution is 2.11. The highest BCUT2D eigenvalue weighted by atomic mass is 127. The van der Waals surface area contributed by atoms with Gasteiger partial charge in [0.1, 0.15) is 0 Å². The summed E-state index contributed by atoms with van der Waals surface area (Å²) in [5.74, 6) is -0.338. The first-order valence-corrected chi connectivity index (χ1v) is 8.33. The summed E-state index contributed by atoms with van der Waals surface area (Å²) in [5, 5.41) is 0. The second-order valence-electron chi connectivity index (χ2n) is 5.10. The third kappa shape index (κ3) is 3.64. The molecule has 1 N–H and O–H groups in total. The van der Waals surface area contributed by atoms with Gasteiger partial charge in [-0.25, -0.2) is 9.59 Å². The van der Waals surface area contributed by atoms with E-state index in [1.807, 2.05) is 36.4 Å². The van der Waals surface area contributed by atoms with E-state index in [2.05, 4.69) is 27.6 Å². The van der Waals surface area contributed by atoms with E-state index in [9.17, 15) is 9.59 Å². The Balaban J connectivity index is 1.58. The number of halogens is 1. The largest absolute Gasteiger partial charge is 0.462 e. The second-order valence-corrected chi connectivity index (χ2v) is 6.34. The van der Waals surface area contributed by atoms with E-state index in [1.54, 1.807) is 16.7 Å². The predicted molar refractivity (Wildman–Crippen MR) is 96.6 cm³/mol.